The van der Waals surface area contributed by atoms with E-state index in [0.717, 1.165) is 43.4 Å². The highest BCUT2D eigenvalue weighted by molar-refractivity contribution is 4.93. The molecule has 21 heteroatoms. The quantitative estimate of drug-likeness (QED) is 0.202. The normalized spacial score (nSPS) is 20.0. The van der Waals surface area contributed by atoms with Gasteiger partial charge < -0.3 is 0 Å². The molecule has 0 bridgehead atoms. The van der Waals surface area contributed by atoms with Crippen molar-refractivity contribution in [1.29, 1.82) is 0 Å². The van der Waals surface area contributed by atoms with E-state index in [1.165, 1.54) is 48.5 Å². The fourth-order valence-corrected chi connectivity index (χ4v) is 10.7. The van der Waals surface area contributed by atoms with Gasteiger partial charge in [0.05, 0.1) is 40.4 Å². The zero-order valence-electron chi connectivity index (χ0n) is 78.8. The number of hydrogen-bond acceptors (Lipinski definition) is 0. The molecule has 0 aromatic heterocycles. The van der Waals surface area contributed by atoms with E-state index in [4.69, 9.17) is 0 Å². The maximum absolute atomic E-state index is 12.6. The smallest absolute Gasteiger partial charge is 0.171 e. The minimum absolute atomic E-state index is 0.0362. The second-order valence-electron chi connectivity index (χ2n) is 43.4. The molecule has 0 aromatic rings. The van der Waals surface area contributed by atoms with Gasteiger partial charge in [0.15, 0.2) is 0 Å². The lowest BCUT2D eigenvalue weighted by Crippen LogP contribution is -2.43. The summed E-state index contributed by atoms with van der Waals surface area (Å²) in [7, 11) is 0. The van der Waals surface area contributed by atoms with Crippen LogP contribution in [-0.2, 0) is 0 Å². The van der Waals surface area contributed by atoms with Gasteiger partial charge in [-0.2, -0.15) is 92.2 Å². The van der Waals surface area contributed by atoms with Crippen molar-refractivity contribution in [2.45, 2.75) is 420 Å². The van der Waals surface area contributed by atoms with E-state index < -0.39 is 100 Å². The number of halogens is 21. The van der Waals surface area contributed by atoms with Gasteiger partial charge in [-0.1, -0.05) is 351 Å². The second kappa shape index (κ2) is 46.2. The Morgan fingerprint density at radius 2 is 0.555 bits per heavy atom. The lowest BCUT2D eigenvalue weighted by molar-refractivity contribution is -0.243. The van der Waals surface area contributed by atoms with Crippen LogP contribution >= 0.6 is 0 Å². The Bertz CT molecular complexity index is 2210. The van der Waals surface area contributed by atoms with E-state index in [0.29, 0.717) is 64.1 Å². The third kappa shape index (κ3) is 47.2. The van der Waals surface area contributed by atoms with Crippen LogP contribution in [0, 0.1) is 154 Å². The summed E-state index contributed by atoms with van der Waals surface area (Å²) in [6, 6.07) is 0. The van der Waals surface area contributed by atoms with Crippen LogP contribution in [0.15, 0.2) is 0 Å². The Labute approximate surface area is 663 Å². The molecule has 0 aliphatic heterocycles. The van der Waals surface area contributed by atoms with Gasteiger partial charge in [0.1, 0.15) is 0 Å². The molecule has 2 fully saturated rings. The van der Waals surface area contributed by atoms with Crippen LogP contribution in [0.4, 0.5) is 92.2 Å². The highest BCUT2D eigenvalue weighted by atomic mass is 19.4. The zero-order valence-corrected chi connectivity index (χ0v) is 78.8. The zero-order chi connectivity index (χ0) is 91.9. The first kappa shape index (κ1) is 124. The van der Waals surface area contributed by atoms with Gasteiger partial charge >= 0.3 is 43.2 Å². The Morgan fingerprint density at radius 1 is 0.255 bits per heavy atom. The van der Waals surface area contributed by atoms with E-state index in [-0.39, 0.29) is 40.9 Å². The van der Waals surface area contributed by atoms with Crippen LogP contribution in [-0.4, -0.2) is 43.2 Å². The molecule has 2 aliphatic carbocycles. The van der Waals surface area contributed by atoms with E-state index in [1.807, 2.05) is 76.2 Å². The number of rotatable bonds is 9. The predicted octanol–water partition coefficient (Wildman–Crippen LogP) is 36.6. The van der Waals surface area contributed by atoms with Gasteiger partial charge in [-0.3, -0.25) is 0 Å². The summed E-state index contributed by atoms with van der Waals surface area (Å²) in [5.74, 6) is -3.31. The van der Waals surface area contributed by atoms with Crippen LogP contribution in [0.5, 0.6) is 0 Å². The fourth-order valence-electron chi connectivity index (χ4n) is 10.7. The highest BCUT2D eigenvalue weighted by Gasteiger charge is 2.55. The molecule has 0 nitrogen and oxygen atoms in total. The molecule has 0 heterocycles. The predicted molar refractivity (Wildman–Crippen MR) is 429 cm³/mol. The summed E-state index contributed by atoms with van der Waals surface area (Å²) in [5, 5.41) is 0. The third-order valence-corrected chi connectivity index (χ3v) is 27.9. The summed E-state index contributed by atoms with van der Waals surface area (Å²) in [4.78, 5) is 0. The van der Waals surface area contributed by atoms with Crippen molar-refractivity contribution in [2.24, 2.45) is 154 Å². The van der Waals surface area contributed by atoms with Gasteiger partial charge in [-0.05, 0) is 140 Å². The maximum atomic E-state index is 12.6. The van der Waals surface area contributed by atoms with Gasteiger partial charge in [-0.15, -0.1) is 0 Å². The summed E-state index contributed by atoms with van der Waals surface area (Å²) in [6.45, 7) is 90.8. The van der Waals surface area contributed by atoms with Crippen molar-refractivity contribution in [1.82, 2.24) is 0 Å². The molecular formula is C89H173F21. The van der Waals surface area contributed by atoms with Gasteiger partial charge in [0, 0.05) is 0 Å². The molecule has 0 amide bonds. The SMILES string of the molecule is CC(C)(C)C(C)(C)C(C)(C)C.CC(C)(C)C(C)(C)C(F)(F)F.CC(C)C(C)(C)C(C)(C)C.CC(C)C(C)(C)C(C)C(F)(F)F.CC(C)[C@@H](C)C(C)(C)C.CC(C)[C@@H](C)C(C)C(F)(F)F.CC(C)[C@@H](C)C(C)C(F)(F)F.CC1CCC(C(F)(F)F)CC1.C[C@@H]1CCCC(C(F)(F)F)C1.C[C@H](C(C)(C)C)C(C)(C)C(F)(F)F. The van der Waals surface area contributed by atoms with Crippen LogP contribution < -0.4 is 0 Å². The monoisotopic (exact) mass is 1640 g/mol. The van der Waals surface area contributed by atoms with Crippen LogP contribution in [0.2, 0.25) is 0 Å². The fraction of sp³-hybridized carbons (Fsp3) is 1.00. The second-order valence-corrected chi connectivity index (χ2v) is 43.4. The van der Waals surface area contributed by atoms with Gasteiger partial charge in [0.25, 0.3) is 0 Å². The molecule has 110 heavy (non-hydrogen) atoms. The van der Waals surface area contributed by atoms with Crippen LogP contribution in [0.3, 0.4) is 0 Å². The van der Waals surface area contributed by atoms with Crippen molar-refractivity contribution >= 4 is 0 Å². The van der Waals surface area contributed by atoms with Crippen molar-refractivity contribution in [3.63, 3.8) is 0 Å². The van der Waals surface area contributed by atoms with Crippen molar-refractivity contribution in [3.8, 4) is 0 Å². The summed E-state index contributed by atoms with van der Waals surface area (Å²) in [5.41, 5.74) is -2.52. The molecule has 4 unspecified atom stereocenters. The largest absolute Gasteiger partial charge is 0.394 e. The minimum Gasteiger partial charge on any atom is -0.171 e. The first-order valence-electron chi connectivity index (χ1n) is 40.5. The lowest BCUT2D eigenvalue weighted by Gasteiger charge is -2.49. The first-order chi connectivity index (χ1) is 47.1. The maximum Gasteiger partial charge on any atom is 0.394 e. The number of alkyl halides is 21. The van der Waals surface area contributed by atoms with E-state index in [2.05, 4.69) is 145 Å². The minimum atomic E-state index is -4.13. The molecule has 0 N–H and O–H groups in total. The Kier molecular flexibility index (Phi) is 52.1. The molecule has 2 rings (SSSR count). The van der Waals surface area contributed by atoms with Crippen LogP contribution in [0.1, 0.15) is 377 Å². The molecule has 0 radical (unpaired) electrons. The molecule has 2 saturated carbocycles. The molecule has 676 valence electrons. The topological polar surface area (TPSA) is 0 Å². The average Bonchev–Trinajstić information content (AvgIpc) is 0.736. The van der Waals surface area contributed by atoms with Crippen molar-refractivity contribution < 1.29 is 92.2 Å². The van der Waals surface area contributed by atoms with Crippen molar-refractivity contribution in [3.05, 3.63) is 0 Å². The summed E-state index contributed by atoms with van der Waals surface area (Å²) < 4.78 is 257. The molecule has 0 saturated heterocycles. The summed E-state index contributed by atoms with van der Waals surface area (Å²) >= 11 is 0. The van der Waals surface area contributed by atoms with E-state index >= 15 is 0 Å². The Hall–Kier alpha value is -1.47. The Balaban J connectivity index is -0.000000175. The molecular weight excluding hydrogens is 1470 g/mol. The summed E-state index contributed by atoms with van der Waals surface area (Å²) in [6.07, 6.45) is -23.8. The molecule has 0 aromatic carbocycles. The standard InChI is InChI=1S/C11H24.C10H19F3.C10H22.C9H17F3.C9H20.2C8H13F3.3C8H15F3/c1-9(2,3)11(7,8)10(4,5)6;1-7(8(2,3)4)9(5,6)10(11,12)13;1-8(2)10(6,7)9(3,4)5;1-6(2)8(4,5)7(3)9(10,11)12;1-7(2)8(3)9(4,5)6;1-6-2-4-7(5-3-6)8(9,10)11;1-6-3-2-4-7(5-6)8(9,10)11;1-6(2,3)7(4,5)8(9,10)11;2*1-5(2)6(3)7(4)8(9,10)11/h1-8H3;7H,1-6H3;8H,1-7H3;6-7H,1-5H3;7-8H,1-6H3;2*6-7H,2-5H2,1H3;1-5H3;2*5-7H,1-4H3/t;7-;;;8-;;6-,7?;;2*6-,7?/m.1..1.1.11/s1. The van der Waals surface area contributed by atoms with Gasteiger partial charge in [0.2, 0.25) is 0 Å². The first-order valence-corrected chi connectivity index (χ1v) is 40.5. The lowest BCUT2D eigenvalue weighted by atomic mass is 9.56. The van der Waals surface area contributed by atoms with Crippen molar-refractivity contribution in [2.75, 3.05) is 0 Å². The molecule has 2 aliphatic rings. The highest BCUT2D eigenvalue weighted by Crippen LogP contribution is 2.53. The van der Waals surface area contributed by atoms with Crippen LogP contribution in [0.25, 0.3) is 0 Å². The third-order valence-electron chi connectivity index (χ3n) is 27.9. The van der Waals surface area contributed by atoms with E-state index in [9.17, 15) is 92.2 Å². The van der Waals surface area contributed by atoms with E-state index in [1.54, 1.807) is 55.4 Å². The average molecular weight is 1640 g/mol. The molecule has 9 atom stereocenters. The number of hydrogen-bond donors (Lipinski definition) is 0. The Morgan fingerprint density at radius 3 is 0.655 bits per heavy atom. The molecule has 0 spiro atoms. The van der Waals surface area contributed by atoms with Gasteiger partial charge in [-0.25, -0.2) is 0 Å².